The van der Waals surface area contributed by atoms with Crippen LogP contribution >= 0.6 is 11.6 Å². The van der Waals surface area contributed by atoms with Gasteiger partial charge in [0.2, 0.25) is 5.88 Å². The molecule has 1 heterocycles. The van der Waals surface area contributed by atoms with Crippen molar-refractivity contribution < 1.29 is 9.13 Å². The monoisotopic (exact) mass is 254 g/mol. The first-order valence-electron chi connectivity index (χ1n) is 4.75. The predicted octanol–water partition coefficient (Wildman–Crippen LogP) is 2.66. The van der Waals surface area contributed by atoms with Crippen LogP contribution in [0.1, 0.15) is 5.56 Å². The Morgan fingerprint density at radius 2 is 2.24 bits per heavy atom. The largest absolute Gasteiger partial charge is 0.434 e. The fourth-order valence-electron chi connectivity index (χ4n) is 1.23. The highest BCUT2D eigenvalue weighted by Gasteiger charge is 2.11. The van der Waals surface area contributed by atoms with E-state index in [-0.39, 0.29) is 16.7 Å². The second kappa shape index (κ2) is 4.55. The molecule has 0 saturated heterocycles. The summed E-state index contributed by atoms with van der Waals surface area (Å²) in [6, 6.07) is 4.37. The number of benzene rings is 1. The number of H-pyrrole nitrogens is 1. The summed E-state index contributed by atoms with van der Waals surface area (Å²) < 4.78 is 18.6. The van der Waals surface area contributed by atoms with E-state index in [0.717, 1.165) is 11.9 Å². The first-order chi connectivity index (χ1) is 8.08. The minimum absolute atomic E-state index is 0.0231. The van der Waals surface area contributed by atoms with Crippen LogP contribution in [0.15, 0.2) is 29.3 Å². The van der Waals surface area contributed by atoms with Gasteiger partial charge in [-0.15, -0.1) is 0 Å². The molecule has 0 saturated carbocycles. The normalized spacial score (nSPS) is 10.3. The molecule has 1 N–H and O–H groups in total. The molecule has 2 rings (SSSR count). The zero-order valence-electron chi connectivity index (χ0n) is 8.83. The summed E-state index contributed by atoms with van der Waals surface area (Å²) in [7, 11) is 0. The number of hydrogen-bond acceptors (Lipinski definition) is 3. The fourth-order valence-corrected chi connectivity index (χ4v) is 1.37. The zero-order valence-corrected chi connectivity index (χ0v) is 9.58. The van der Waals surface area contributed by atoms with Crippen LogP contribution in [0.2, 0.25) is 5.02 Å². The number of nitrogens with one attached hydrogen (secondary N) is 1. The minimum atomic E-state index is -0.547. The first-order valence-corrected chi connectivity index (χ1v) is 5.13. The Bertz CT molecular complexity index is 613. The number of hydrogen-bond donors (Lipinski definition) is 1. The molecule has 6 heteroatoms. The second-order valence-electron chi connectivity index (χ2n) is 3.39. The lowest BCUT2D eigenvalue weighted by Crippen LogP contribution is -2.08. The lowest BCUT2D eigenvalue weighted by Gasteiger charge is -2.07. The van der Waals surface area contributed by atoms with Gasteiger partial charge in [-0.2, -0.15) is 0 Å². The van der Waals surface area contributed by atoms with E-state index in [1.54, 1.807) is 13.0 Å². The maximum atomic E-state index is 13.4. The molecule has 88 valence electrons. The van der Waals surface area contributed by atoms with Gasteiger partial charge in [0.05, 0.1) is 6.33 Å². The van der Waals surface area contributed by atoms with Gasteiger partial charge in [0.15, 0.2) is 16.6 Å². The van der Waals surface area contributed by atoms with Gasteiger partial charge in [-0.1, -0.05) is 17.7 Å². The van der Waals surface area contributed by atoms with Gasteiger partial charge in [-0.3, -0.25) is 4.79 Å². The molecule has 0 aliphatic heterocycles. The Hall–Kier alpha value is -1.88. The summed E-state index contributed by atoms with van der Waals surface area (Å²) in [5.41, 5.74) is 0.284. The Labute approximate surface area is 101 Å². The standard InChI is InChI=1S/C11H8ClFN2O2/c1-6-2-3-7(13)8(4-6)17-11-9(12)10(16)14-5-15-11/h2-5H,1H3,(H,14,15,16). The van der Waals surface area contributed by atoms with Crippen LogP contribution in [-0.4, -0.2) is 9.97 Å². The molecule has 0 atom stereocenters. The van der Waals surface area contributed by atoms with Crippen molar-refractivity contribution in [3.05, 3.63) is 51.3 Å². The maximum Gasteiger partial charge on any atom is 0.273 e. The molecule has 0 radical (unpaired) electrons. The Kier molecular flexibility index (Phi) is 3.10. The van der Waals surface area contributed by atoms with Crippen molar-refractivity contribution in [2.75, 3.05) is 0 Å². The highest BCUT2D eigenvalue weighted by atomic mass is 35.5. The third-order valence-corrected chi connectivity index (χ3v) is 2.39. The summed E-state index contributed by atoms with van der Waals surface area (Å²) >= 11 is 5.68. The topological polar surface area (TPSA) is 55.0 Å². The summed E-state index contributed by atoms with van der Waals surface area (Å²) in [4.78, 5) is 17.2. The first kappa shape index (κ1) is 11.6. The molecule has 2 aromatic rings. The van der Waals surface area contributed by atoms with E-state index in [9.17, 15) is 9.18 Å². The molecule has 0 amide bonds. The van der Waals surface area contributed by atoms with Gasteiger partial charge < -0.3 is 9.72 Å². The van der Waals surface area contributed by atoms with Crippen molar-refractivity contribution in [2.24, 2.45) is 0 Å². The van der Waals surface area contributed by atoms with Crippen molar-refractivity contribution >= 4 is 11.6 Å². The third kappa shape index (κ3) is 2.45. The summed E-state index contributed by atoms with van der Waals surface area (Å²) in [5.74, 6) is -0.696. The van der Waals surface area contributed by atoms with Gasteiger partial charge in [0.25, 0.3) is 5.56 Å². The van der Waals surface area contributed by atoms with Crippen LogP contribution in [0.25, 0.3) is 0 Å². The lowest BCUT2D eigenvalue weighted by atomic mass is 10.2. The second-order valence-corrected chi connectivity index (χ2v) is 3.76. The van der Waals surface area contributed by atoms with Crippen LogP contribution < -0.4 is 10.3 Å². The van der Waals surface area contributed by atoms with Crippen LogP contribution in [0.5, 0.6) is 11.6 Å². The number of ether oxygens (including phenoxy) is 1. The Balaban J connectivity index is 2.41. The van der Waals surface area contributed by atoms with Crippen molar-refractivity contribution in [3.63, 3.8) is 0 Å². The molecular formula is C11H8ClFN2O2. The molecular weight excluding hydrogens is 247 g/mol. The molecule has 0 fully saturated rings. The van der Waals surface area contributed by atoms with E-state index >= 15 is 0 Å². The summed E-state index contributed by atoms with van der Waals surface area (Å²) in [5, 5.41) is -0.214. The quantitative estimate of drug-likeness (QED) is 0.896. The fraction of sp³-hybridized carbons (Fsp3) is 0.0909. The van der Waals surface area contributed by atoms with Gasteiger partial charge in [-0.05, 0) is 24.6 Å². The van der Waals surface area contributed by atoms with Crippen LogP contribution in [0.4, 0.5) is 4.39 Å². The van der Waals surface area contributed by atoms with Gasteiger partial charge >= 0.3 is 0 Å². The van der Waals surface area contributed by atoms with E-state index in [4.69, 9.17) is 16.3 Å². The van der Waals surface area contributed by atoms with Crippen LogP contribution in [0.3, 0.4) is 0 Å². The predicted molar refractivity (Wildman–Crippen MR) is 61.1 cm³/mol. The molecule has 0 aliphatic carbocycles. The smallest absolute Gasteiger partial charge is 0.273 e. The van der Waals surface area contributed by atoms with Crippen molar-refractivity contribution in [1.82, 2.24) is 9.97 Å². The molecule has 0 spiro atoms. The maximum absolute atomic E-state index is 13.4. The number of nitrogens with zero attached hydrogens (tertiary/aromatic N) is 1. The number of aromatic amines is 1. The third-order valence-electron chi connectivity index (χ3n) is 2.06. The number of aryl methyl sites for hydroxylation is 1. The summed E-state index contributed by atoms with van der Waals surface area (Å²) in [6.07, 6.45) is 1.14. The molecule has 1 aromatic heterocycles. The van der Waals surface area contributed by atoms with E-state index < -0.39 is 11.4 Å². The molecule has 1 aromatic carbocycles. The van der Waals surface area contributed by atoms with Crippen molar-refractivity contribution in [3.8, 4) is 11.6 Å². The van der Waals surface area contributed by atoms with Crippen molar-refractivity contribution in [2.45, 2.75) is 6.92 Å². The minimum Gasteiger partial charge on any atom is -0.434 e. The van der Waals surface area contributed by atoms with Crippen LogP contribution in [-0.2, 0) is 0 Å². The van der Waals surface area contributed by atoms with Crippen molar-refractivity contribution in [1.29, 1.82) is 0 Å². The van der Waals surface area contributed by atoms with Gasteiger partial charge in [0.1, 0.15) is 0 Å². The summed E-state index contributed by atoms with van der Waals surface area (Å²) in [6.45, 7) is 1.79. The molecule has 0 bridgehead atoms. The number of aromatic nitrogens is 2. The van der Waals surface area contributed by atoms with E-state index in [0.29, 0.717) is 0 Å². The number of halogens is 2. The van der Waals surface area contributed by atoms with Crippen LogP contribution in [0, 0.1) is 12.7 Å². The lowest BCUT2D eigenvalue weighted by molar-refractivity contribution is 0.425. The van der Waals surface area contributed by atoms with Gasteiger partial charge in [0, 0.05) is 0 Å². The highest BCUT2D eigenvalue weighted by molar-refractivity contribution is 6.31. The SMILES string of the molecule is Cc1ccc(F)c(Oc2nc[nH]c(=O)c2Cl)c1. The van der Waals surface area contributed by atoms with E-state index in [1.165, 1.54) is 12.1 Å². The number of rotatable bonds is 2. The molecule has 4 nitrogen and oxygen atoms in total. The average Bonchev–Trinajstić information content (AvgIpc) is 2.30. The Morgan fingerprint density at radius 3 is 3.00 bits per heavy atom. The molecule has 0 aliphatic rings. The molecule has 17 heavy (non-hydrogen) atoms. The van der Waals surface area contributed by atoms with E-state index in [1.807, 2.05) is 0 Å². The Morgan fingerprint density at radius 1 is 1.47 bits per heavy atom. The average molecular weight is 255 g/mol. The van der Waals surface area contributed by atoms with Gasteiger partial charge in [-0.25, -0.2) is 9.37 Å². The van der Waals surface area contributed by atoms with E-state index in [2.05, 4.69) is 9.97 Å². The molecule has 0 unspecified atom stereocenters. The zero-order chi connectivity index (χ0) is 12.4. The highest BCUT2D eigenvalue weighted by Crippen LogP contribution is 2.26.